The van der Waals surface area contributed by atoms with Gasteiger partial charge in [0.05, 0.1) is 18.6 Å². The first kappa shape index (κ1) is 18.0. The summed E-state index contributed by atoms with van der Waals surface area (Å²) in [7, 11) is 1.60. The van der Waals surface area contributed by atoms with E-state index >= 15 is 0 Å². The van der Waals surface area contributed by atoms with Crippen molar-refractivity contribution in [3.63, 3.8) is 0 Å². The summed E-state index contributed by atoms with van der Waals surface area (Å²) in [4.78, 5) is 24.3. The molecule has 1 aromatic carbocycles. The highest BCUT2D eigenvalue weighted by atomic mass is 32.1. The molecule has 7 heteroatoms. The van der Waals surface area contributed by atoms with E-state index in [0.717, 1.165) is 10.4 Å². The summed E-state index contributed by atoms with van der Waals surface area (Å²) in [6.45, 7) is 0.354. The van der Waals surface area contributed by atoms with E-state index in [1.165, 1.54) is 11.3 Å². The first-order valence-corrected chi connectivity index (χ1v) is 8.42. The van der Waals surface area contributed by atoms with Crippen LogP contribution in [0.1, 0.15) is 29.0 Å². The van der Waals surface area contributed by atoms with Crippen LogP contribution in [0.4, 0.5) is 4.79 Å². The molecular formula is C17H21N3O3S. The number of thiophene rings is 1. The highest BCUT2D eigenvalue weighted by Crippen LogP contribution is 2.22. The molecule has 2 atom stereocenters. The van der Waals surface area contributed by atoms with Crippen molar-refractivity contribution in [1.82, 2.24) is 10.6 Å². The van der Waals surface area contributed by atoms with Crippen molar-refractivity contribution in [2.24, 2.45) is 5.73 Å². The van der Waals surface area contributed by atoms with Crippen molar-refractivity contribution in [1.29, 1.82) is 0 Å². The van der Waals surface area contributed by atoms with E-state index in [1.54, 1.807) is 7.11 Å². The lowest BCUT2D eigenvalue weighted by Gasteiger charge is -2.19. The lowest BCUT2D eigenvalue weighted by Crippen LogP contribution is -2.37. The highest BCUT2D eigenvalue weighted by molar-refractivity contribution is 7.10. The molecule has 0 unspecified atom stereocenters. The number of ether oxygens (including phenoxy) is 1. The third-order valence-corrected chi connectivity index (χ3v) is 4.52. The molecule has 128 valence electrons. The molecule has 0 fully saturated rings. The summed E-state index contributed by atoms with van der Waals surface area (Å²) in [5.41, 5.74) is 6.19. The Balaban J connectivity index is 1.92. The Morgan fingerprint density at radius 2 is 1.96 bits per heavy atom. The van der Waals surface area contributed by atoms with Crippen LogP contribution in [0.3, 0.4) is 0 Å². The van der Waals surface area contributed by atoms with Crippen molar-refractivity contribution in [2.45, 2.75) is 18.6 Å². The lowest BCUT2D eigenvalue weighted by molar-refractivity contribution is -0.122. The maximum absolute atomic E-state index is 12.2. The van der Waals surface area contributed by atoms with Gasteiger partial charge in [0.2, 0.25) is 5.91 Å². The Bertz CT molecular complexity index is 646. The molecule has 0 bridgehead atoms. The first-order valence-electron chi connectivity index (χ1n) is 7.54. The Morgan fingerprint density at radius 1 is 1.21 bits per heavy atom. The first-order chi connectivity index (χ1) is 11.6. The van der Waals surface area contributed by atoms with Crippen LogP contribution in [0.25, 0.3) is 0 Å². The fourth-order valence-corrected chi connectivity index (χ4v) is 3.13. The SMILES string of the molecule is CO[C@H](CNC(=O)C[C@@H](NC(N)=O)c1cccs1)c1ccccc1. The number of carbonyl (C=O) groups is 2. The minimum Gasteiger partial charge on any atom is -0.375 e. The second-order valence-corrected chi connectivity index (χ2v) is 6.20. The quantitative estimate of drug-likeness (QED) is 0.684. The fourth-order valence-electron chi connectivity index (χ4n) is 2.35. The Morgan fingerprint density at radius 3 is 2.54 bits per heavy atom. The van der Waals surface area contributed by atoms with E-state index in [-0.39, 0.29) is 18.4 Å². The van der Waals surface area contributed by atoms with Crippen LogP contribution in [0, 0.1) is 0 Å². The van der Waals surface area contributed by atoms with Crippen molar-refractivity contribution in [3.8, 4) is 0 Å². The molecular weight excluding hydrogens is 326 g/mol. The maximum atomic E-state index is 12.2. The number of methoxy groups -OCH3 is 1. The molecule has 0 radical (unpaired) electrons. The molecule has 0 aliphatic carbocycles. The van der Waals surface area contributed by atoms with E-state index in [1.807, 2.05) is 47.8 Å². The third kappa shape index (κ3) is 5.36. The van der Waals surface area contributed by atoms with Crippen LogP contribution in [0.2, 0.25) is 0 Å². The molecule has 6 nitrogen and oxygen atoms in total. The lowest BCUT2D eigenvalue weighted by atomic mass is 10.1. The summed E-state index contributed by atoms with van der Waals surface area (Å²) < 4.78 is 5.43. The topological polar surface area (TPSA) is 93.4 Å². The predicted molar refractivity (Wildman–Crippen MR) is 93.6 cm³/mol. The predicted octanol–water partition coefficient (Wildman–Crippen LogP) is 2.35. The molecule has 2 rings (SSSR count). The van der Waals surface area contributed by atoms with Gasteiger partial charge < -0.3 is 21.1 Å². The van der Waals surface area contributed by atoms with Crippen LogP contribution in [-0.2, 0) is 9.53 Å². The second-order valence-electron chi connectivity index (χ2n) is 5.22. The summed E-state index contributed by atoms with van der Waals surface area (Å²) in [5, 5.41) is 7.34. The number of urea groups is 1. The normalized spacial score (nSPS) is 13.0. The van der Waals surface area contributed by atoms with Crippen LogP contribution in [0.5, 0.6) is 0 Å². The van der Waals surface area contributed by atoms with E-state index in [4.69, 9.17) is 10.5 Å². The van der Waals surface area contributed by atoms with Gasteiger partial charge in [-0.2, -0.15) is 0 Å². The van der Waals surface area contributed by atoms with Gasteiger partial charge in [-0.3, -0.25) is 4.79 Å². The van der Waals surface area contributed by atoms with Crippen molar-refractivity contribution >= 4 is 23.3 Å². The molecule has 0 saturated carbocycles. The minimum atomic E-state index is -0.653. The van der Waals surface area contributed by atoms with Crippen molar-refractivity contribution < 1.29 is 14.3 Å². The van der Waals surface area contributed by atoms with Gasteiger partial charge >= 0.3 is 6.03 Å². The highest BCUT2D eigenvalue weighted by Gasteiger charge is 2.19. The zero-order valence-electron chi connectivity index (χ0n) is 13.4. The average molecular weight is 347 g/mol. The monoisotopic (exact) mass is 347 g/mol. The molecule has 0 saturated heterocycles. The number of amides is 3. The Labute approximate surface area is 145 Å². The maximum Gasteiger partial charge on any atom is 0.312 e. The fraction of sp³-hybridized carbons (Fsp3) is 0.294. The molecule has 1 aromatic heterocycles. The molecule has 2 aromatic rings. The number of nitrogens with two attached hydrogens (primary N) is 1. The average Bonchev–Trinajstić information content (AvgIpc) is 3.10. The molecule has 0 aliphatic rings. The number of hydrogen-bond acceptors (Lipinski definition) is 4. The zero-order valence-corrected chi connectivity index (χ0v) is 14.2. The van der Waals surface area contributed by atoms with Crippen LogP contribution in [-0.4, -0.2) is 25.6 Å². The van der Waals surface area contributed by atoms with Gasteiger partial charge in [-0.15, -0.1) is 11.3 Å². The summed E-state index contributed by atoms with van der Waals surface area (Å²) in [6, 6.07) is 12.3. The van der Waals surface area contributed by atoms with Gasteiger partial charge in [0.1, 0.15) is 0 Å². The minimum absolute atomic E-state index is 0.120. The number of hydrogen-bond donors (Lipinski definition) is 3. The van der Waals surface area contributed by atoms with E-state index in [9.17, 15) is 9.59 Å². The molecule has 4 N–H and O–H groups in total. The number of primary amides is 1. The smallest absolute Gasteiger partial charge is 0.312 e. The number of benzene rings is 1. The van der Waals surface area contributed by atoms with E-state index in [2.05, 4.69) is 10.6 Å². The van der Waals surface area contributed by atoms with Gasteiger partial charge in [0.15, 0.2) is 0 Å². The third-order valence-electron chi connectivity index (χ3n) is 3.53. The van der Waals surface area contributed by atoms with Crippen LogP contribution >= 0.6 is 11.3 Å². The van der Waals surface area contributed by atoms with Gasteiger partial charge in [0, 0.05) is 18.5 Å². The molecule has 0 aliphatic heterocycles. The molecule has 24 heavy (non-hydrogen) atoms. The molecule has 0 spiro atoms. The van der Waals surface area contributed by atoms with Gasteiger partial charge in [-0.1, -0.05) is 36.4 Å². The summed E-state index contributed by atoms with van der Waals surface area (Å²) in [6.07, 6.45) is -0.103. The van der Waals surface area contributed by atoms with Gasteiger partial charge in [-0.25, -0.2) is 4.79 Å². The second kappa shape index (κ2) is 9.05. The Kier molecular flexibility index (Phi) is 6.77. The van der Waals surface area contributed by atoms with Gasteiger partial charge in [0.25, 0.3) is 0 Å². The largest absolute Gasteiger partial charge is 0.375 e. The molecule has 1 heterocycles. The Hall–Kier alpha value is -2.38. The van der Waals surface area contributed by atoms with Crippen molar-refractivity contribution in [3.05, 3.63) is 58.3 Å². The van der Waals surface area contributed by atoms with Crippen molar-refractivity contribution in [2.75, 3.05) is 13.7 Å². The number of nitrogens with one attached hydrogen (secondary N) is 2. The van der Waals surface area contributed by atoms with Crippen LogP contribution in [0.15, 0.2) is 47.8 Å². The molecule has 3 amide bonds. The summed E-state index contributed by atoms with van der Waals surface area (Å²) in [5.74, 6) is -0.180. The number of rotatable bonds is 8. The van der Waals surface area contributed by atoms with E-state index < -0.39 is 12.1 Å². The van der Waals surface area contributed by atoms with Gasteiger partial charge in [-0.05, 0) is 17.0 Å². The zero-order chi connectivity index (χ0) is 17.4. The number of carbonyl (C=O) groups excluding carboxylic acids is 2. The van der Waals surface area contributed by atoms with E-state index in [0.29, 0.717) is 6.54 Å². The van der Waals surface area contributed by atoms with Crippen LogP contribution < -0.4 is 16.4 Å². The summed E-state index contributed by atoms with van der Waals surface area (Å²) >= 11 is 1.47. The standard InChI is InChI=1S/C17H21N3O3S/c1-23-14(12-6-3-2-4-7-12)11-19-16(21)10-13(20-17(18)22)15-8-5-9-24-15/h2-9,13-14H,10-11H2,1H3,(H,19,21)(H3,18,20,22)/t13-,14-/m1/s1.